The van der Waals surface area contributed by atoms with Crippen LogP contribution in [0.1, 0.15) is 108 Å². The van der Waals surface area contributed by atoms with Crippen molar-refractivity contribution < 1.29 is 21.7 Å². The molecule has 4 aliphatic carbocycles. The Balaban J connectivity index is 0.000000278. The van der Waals surface area contributed by atoms with Gasteiger partial charge in [0.15, 0.2) is 0 Å². The average Bonchev–Trinajstić information content (AvgIpc) is 3.46. The number of nitrogens with zero attached hydrogens (tertiary/aromatic N) is 1. The summed E-state index contributed by atoms with van der Waals surface area (Å²) in [5.41, 5.74) is 5.61. The molecule has 0 unspecified atom stereocenters. The molecule has 0 spiro atoms. The molecule has 1 aromatic carbocycles. The van der Waals surface area contributed by atoms with Crippen LogP contribution in [0.4, 0.5) is 0 Å². The molecule has 4 aliphatic rings. The van der Waals surface area contributed by atoms with Gasteiger partial charge in [0.1, 0.15) is 0 Å². The number of rotatable bonds is 6. The average molecular weight is 538 g/mol. The van der Waals surface area contributed by atoms with Crippen molar-refractivity contribution in [1.82, 2.24) is 0 Å². The summed E-state index contributed by atoms with van der Waals surface area (Å²) in [5, 5.41) is 0. The maximum absolute atomic E-state index is 5.89. The third-order valence-corrected chi connectivity index (χ3v) is 14.4. The number of allylic oxidation sites excluding steroid dienone is 5. The molecule has 36 heavy (non-hydrogen) atoms. The zero-order valence-corrected chi connectivity index (χ0v) is 25.0. The van der Waals surface area contributed by atoms with Crippen molar-refractivity contribution in [2.24, 2.45) is 4.74 Å². The van der Waals surface area contributed by atoms with Gasteiger partial charge < -0.3 is 0 Å². The van der Waals surface area contributed by atoms with E-state index in [1.807, 2.05) is 30.4 Å². The number of benzene rings is 1. The largest absolute Gasteiger partial charge is 0.271 e. The summed E-state index contributed by atoms with van der Waals surface area (Å²) in [7, 11) is -1.25. The Labute approximate surface area is 237 Å². The van der Waals surface area contributed by atoms with Crippen LogP contribution in [0.25, 0.3) is 6.08 Å². The Morgan fingerprint density at radius 1 is 0.722 bits per heavy atom. The molecule has 0 radical (unpaired) electrons. The van der Waals surface area contributed by atoms with Crippen LogP contribution in [0.3, 0.4) is 0 Å². The van der Waals surface area contributed by atoms with Gasteiger partial charge in [0.25, 0.3) is 0 Å². The first kappa shape index (κ1) is 29.7. The summed E-state index contributed by atoms with van der Waals surface area (Å²) in [5.74, 6) is 0. The Morgan fingerprint density at radius 3 is 1.64 bits per heavy atom. The Hall–Kier alpha value is -0.876. The van der Waals surface area contributed by atoms with Crippen LogP contribution in [-0.4, -0.2) is 17.0 Å². The van der Waals surface area contributed by atoms with Crippen LogP contribution in [0, 0.1) is 0 Å². The molecule has 0 amide bonds. The minimum absolute atomic E-state index is 0. The van der Waals surface area contributed by atoms with Crippen molar-refractivity contribution in [1.29, 1.82) is 0 Å². The van der Waals surface area contributed by atoms with Crippen LogP contribution in [0.15, 0.2) is 77.7 Å². The molecule has 0 N–H and O–H groups in total. The molecule has 1 aromatic rings. The van der Waals surface area contributed by atoms with Gasteiger partial charge in [0.05, 0.1) is 0 Å². The maximum atomic E-state index is 5.89. The molecule has 1 nitrogen and oxygen atoms in total. The summed E-state index contributed by atoms with van der Waals surface area (Å²) in [4.78, 5) is 0. The zero-order valence-electron chi connectivity index (χ0n) is 22.5. The second-order valence-corrected chi connectivity index (χ2v) is 15.0. The molecule has 0 heterocycles. The van der Waals surface area contributed by atoms with Crippen molar-refractivity contribution >= 4 is 13.1 Å². The minimum Gasteiger partial charge on any atom is -0.271 e. The van der Waals surface area contributed by atoms with Crippen LogP contribution in [0.5, 0.6) is 0 Å². The van der Waals surface area contributed by atoms with E-state index in [4.69, 9.17) is 4.74 Å². The van der Waals surface area contributed by atoms with E-state index in [9.17, 15) is 0 Å². The first-order chi connectivity index (χ1) is 17.3. The van der Waals surface area contributed by atoms with Crippen LogP contribution >= 0.6 is 7.05 Å². The van der Waals surface area contributed by atoms with Gasteiger partial charge in [0, 0.05) is 33.8 Å². The van der Waals surface area contributed by atoms with Gasteiger partial charge in [0.2, 0.25) is 0 Å². The third-order valence-electron chi connectivity index (χ3n) is 8.76. The van der Waals surface area contributed by atoms with Gasteiger partial charge in [-0.05, 0) is 74.2 Å². The molecular weight excluding hydrogens is 489 g/mol. The summed E-state index contributed by atoms with van der Waals surface area (Å²) in [6.07, 6.45) is 36.2. The van der Waals surface area contributed by atoms with Gasteiger partial charge in [-0.1, -0.05) is 125 Å². The Kier molecular flexibility index (Phi) is 13.3. The van der Waals surface area contributed by atoms with E-state index < -0.39 is 7.05 Å². The SMILES string of the molecule is C1=CCC(N=P(C2CCCCC2)(C2CCCCC2)C2CCCCC2)=C1.C=CC=Cc1ccccc1.[Ti]. The second kappa shape index (κ2) is 16.2. The van der Waals surface area contributed by atoms with Gasteiger partial charge in [-0.2, -0.15) is 0 Å². The molecular formula is C33H48NPTi. The smallest absolute Gasteiger partial charge is 0.0425 e. The molecule has 5 rings (SSSR count). The van der Waals surface area contributed by atoms with Gasteiger partial charge in [-0.25, -0.2) is 0 Å². The molecule has 0 aromatic heterocycles. The van der Waals surface area contributed by atoms with E-state index in [0.29, 0.717) is 0 Å². The summed E-state index contributed by atoms with van der Waals surface area (Å²) in [6.45, 7) is 3.59. The third kappa shape index (κ3) is 8.06. The summed E-state index contributed by atoms with van der Waals surface area (Å²) >= 11 is 0. The number of hydrogen-bond acceptors (Lipinski definition) is 1. The van der Waals surface area contributed by atoms with Crippen molar-refractivity contribution in [3.05, 3.63) is 78.6 Å². The van der Waals surface area contributed by atoms with Crippen molar-refractivity contribution in [3.8, 4) is 0 Å². The Morgan fingerprint density at radius 2 is 1.22 bits per heavy atom. The normalized spacial score (nSPS) is 21.8. The molecule has 3 fully saturated rings. The van der Waals surface area contributed by atoms with E-state index in [1.54, 1.807) is 6.08 Å². The molecule has 0 atom stereocenters. The van der Waals surface area contributed by atoms with Gasteiger partial charge in [-0.15, -0.1) is 0 Å². The first-order valence-electron chi connectivity index (χ1n) is 14.6. The number of hydrogen-bond donors (Lipinski definition) is 0. The van der Waals surface area contributed by atoms with Crippen LogP contribution in [0.2, 0.25) is 0 Å². The van der Waals surface area contributed by atoms with Gasteiger partial charge in [-0.3, -0.25) is 4.74 Å². The molecule has 3 heteroatoms. The van der Waals surface area contributed by atoms with E-state index in [-0.39, 0.29) is 21.7 Å². The maximum Gasteiger partial charge on any atom is 0.0425 e. The first-order valence-corrected chi connectivity index (χ1v) is 16.6. The van der Waals surface area contributed by atoms with E-state index in [0.717, 1.165) is 23.4 Å². The van der Waals surface area contributed by atoms with Crippen molar-refractivity contribution in [3.63, 3.8) is 0 Å². The minimum atomic E-state index is -1.25. The van der Waals surface area contributed by atoms with Crippen LogP contribution < -0.4 is 0 Å². The van der Waals surface area contributed by atoms with E-state index in [2.05, 4.69) is 36.9 Å². The molecule has 194 valence electrons. The standard InChI is InChI=1S/C23H38NP.C10H10.Ti/c1-4-14-21(15-5-1)25(22-16-6-2-7-17-22,23-18-8-3-9-19-23)24-20-12-10-11-13-20;1-2-3-7-10-8-5-4-6-9-10;/h10-12,21-23H,1-9,13-19H2;2-9H,1H2;. The van der Waals surface area contributed by atoms with Crippen LogP contribution in [-0.2, 0) is 21.7 Å². The monoisotopic (exact) mass is 537 g/mol. The fourth-order valence-corrected chi connectivity index (χ4v) is 13.5. The summed E-state index contributed by atoms with van der Waals surface area (Å²) in [6, 6.07) is 10.1. The second-order valence-electron chi connectivity index (χ2n) is 11.1. The molecule has 0 bridgehead atoms. The molecule has 0 aliphatic heterocycles. The Bertz CT molecular complexity index is 858. The zero-order chi connectivity index (χ0) is 24.2. The summed E-state index contributed by atoms with van der Waals surface area (Å²) < 4.78 is 5.89. The molecule has 3 saturated carbocycles. The topological polar surface area (TPSA) is 12.4 Å². The fourth-order valence-electron chi connectivity index (χ4n) is 7.10. The fraction of sp³-hybridized carbons (Fsp3) is 0.576. The van der Waals surface area contributed by atoms with E-state index in [1.165, 1.54) is 108 Å². The predicted molar refractivity (Wildman–Crippen MR) is 157 cm³/mol. The van der Waals surface area contributed by atoms with Crippen molar-refractivity contribution in [2.45, 2.75) is 120 Å². The predicted octanol–water partition coefficient (Wildman–Crippen LogP) is 10.9. The quantitative estimate of drug-likeness (QED) is 0.194. The van der Waals surface area contributed by atoms with E-state index >= 15 is 0 Å². The van der Waals surface area contributed by atoms with Crippen molar-refractivity contribution in [2.75, 3.05) is 0 Å². The molecule has 0 saturated heterocycles. The van der Waals surface area contributed by atoms with Gasteiger partial charge >= 0.3 is 0 Å².